The van der Waals surface area contributed by atoms with Crippen LogP contribution in [0.1, 0.15) is 59.3 Å². The first-order chi connectivity index (χ1) is 20.8. The van der Waals surface area contributed by atoms with E-state index in [9.17, 15) is 19.5 Å². The van der Waals surface area contributed by atoms with Crippen LogP contribution in [0.3, 0.4) is 0 Å². The van der Waals surface area contributed by atoms with Crippen molar-refractivity contribution in [2.45, 2.75) is 89.1 Å². The molecule has 0 bridgehead atoms. The van der Waals surface area contributed by atoms with E-state index in [4.69, 9.17) is 9.47 Å². The molecule has 1 unspecified atom stereocenters. The van der Waals surface area contributed by atoms with Crippen molar-refractivity contribution in [3.8, 4) is 5.75 Å². The predicted octanol–water partition coefficient (Wildman–Crippen LogP) is 3.71. The van der Waals surface area contributed by atoms with Crippen LogP contribution in [0.5, 0.6) is 5.75 Å². The van der Waals surface area contributed by atoms with Crippen molar-refractivity contribution in [2.24, 2.45) is 17.8 Å². The summed E-state index contributed by atoms with van der Waals surface area (Å²) >= 11 is 0. The van der Waals surface area contributed by atoms with Crippen LogP contribution in [-0.2, 0) is 19.1 Å². The van der Waals surface area contributed by atoms with Gasteiger partial charge < -0.3 is 29.3 Å². The number of hydrogen-bond donors (Lipinski definition) is 1. The van der Waals surface area contributed by atoms with Crippen LogP contribution >= 0.6 is 0 Å². The van der Waals surface area contributed by atoms with E-state index in [1.807, 2.05) is 74.2 Å². The van der Waals surface area contributed by atoms with E-state index in [1.165, 1.54) is 6.42 Å². The maximum Gasteiger partial charge on any atom is 0.249 e. The molecule has 1 aromatic rings. The lowest BCUT2D eigenvalue weighted by Gasteiger charge is -2.41. The Kier molecular flexibility index (Phi) is 8.39. The Morgan fingerprint density at radius 1 is 1.00 bits per heavy atom. The summed E-state index contributed by atoms with van der Waals surface area (Å²) in [5.41, 5.74) is -0.582. The van der Waals surface area contributed by atoms with Crippen molar-refractivity contribution in [3.63, 3.8) is 0 Å². The van der Waals surface area contributed by atoms with Gasteiger partial charge in [0, 0.05) is 24.8 Å². The minimum absolute atomic E-state index is 0.110. The highest BCUT2D eigenvalue weighted by Gasteiger charge is 2.72. The number of nitrogens with zero attached hydrogens (tertiary/aromatic N) is 3. The van der Waals surface area contributed by atoms with Gasteiger partial charge in [0.15, 0.2) is 0 Å². The number of carbonyl (C=O) groups is 3. The first-order valence-corrected chi connectivity index (χ1v) is 16.1. The normalized spacial score (nSPS) is 31.7. The SMILES string of the molecule is CCOc1ccc(N2CC=C[C@H]3O[C@]45C=CCN(C6CCCCC6)C(=O)C4N([C@@H](CO)CC(C)C)C(=O)[C@@H]5[C@H]3C2=O)cc1. The van der Waals surface area contributed by atoms with Crippen LogP contribution < -0.4 is 9.64 Å². The fraction of sp³-hybridized carbons (Fsp3) is 0.618. The first-order valence-electron chi connectivity index (χ1n) is 16.1. The lowest BCUT2D eigenvalue weighted by atomic mass is 9.77. The molecule has 0 radical (unpaired) electrons. The molecule has 1 N–H and O–H groups in total. The zero-order valence-corrected chi connectivity index (χ0v) is 25.6. The van der Waals surface area contributed by atoms with E-state index in [2.05, 4.69) is 0 Å². The van der Waals surface area contributed by atoms with Crippen molar-refractivity contribution in [2.75, 3.05) is 31.2 Å². The zero-order valence-electron chi connectivity index (χ0n) is 25.6. The van der Waals surface area contributed by atoms with E-state index in [0.29, 0.717) is 31.8 Å². The number of benzene rings is 1. The van der Waals surface area contributed by atoms with Crippen LogP contribution in [0.4, 0.5) is 5.69 Å². The van der Waals surface area contributed by atoms with Crippen molar-refractivity contribution in [1.82, 2.24) is 9.80 Å². The molecule has 1 saturated carbocycles. The van der Waals surface area contributed by atoms with Gasteiger partial charge in [-0.1, -0.05) is 57.4 Å². The van der Waals surface area contributed by atoms with Crippen molar-refractivity contribution in [3.05, 3.63) is 48.6 Å². The minimum atomic E-state index is -1.29. The summed E-state index contributed by atoms with van der Waals surface area (Å²) in [4.78, 5) is 49.0. The third kappa shape index (κ3) is 5.08. The number of hydrogen-bond acceptors (Lipinski definition) is 6. The average molecular weight is 592 g/mol. The van der Waals surface area contributed by atoms with Gasteiger partial charge in [-0.15, -0.1) is 0 Å². The third-order valence-electron chi connectivity index (χ3n) is 9.95. The van der Waals surface area contributed by atoms with Gasteiger partial charge in [0.05, 0.1) is 37.2 Å². The number of ether oxygens (including phenoxy) is 2. The third-order valence-corrected chi connectivity index (χ3v) is 9.95. The summed E-state index contributed by atoms with van der Waals surface area (Å²) < 4.78 is 12.4. The molecule has 9 heteroatoms. The number of likely N-dealkylation sites (tertiary alicyclic amines) is 1. The lowest BCUT2D eigenvalue weighted by molar-refractivity contribution is -0.152. The molecule has 43 heavy (non-hydrogen) atoms. The monoisotopic (exact) mass is 591 g/mol. The molecule has 232 valence electrons. The average Bonchev–Trinajstić information content (AvgIpc) is 3.32. The largest absolute Gasteiger partial charge is 0.494 e. The summed E-state index contributed by atoms with van der Waals surface area (Å²) in [5.74, 6) is -1.38. The number of fused-ring (bicyclic) bond motifs is 2. The summed E-state index contributed by atoms with van der Waals surface area (Å²) in [5, 5.41) is 10.6. The first kappa shape index (κ1) is 29.9. The van der Waals surface area contributed by atoms with Crippen molar-refractivity contribution in [1.29, 1.82) is 0 Å². The Labute approximate surface area is 254 Å². The van der Waals surface area contributed by atoms with E-state index >= 15 is 0 Å². The topological polar surface area (TPSA) is 99.6 Å². The van der Waals surface area contributed by atoms with Crippen LogP contribution in [0.15, 0.2) is 48.6 Å². The van der Waals surface area contributed by atoms with Gasteiger partial charge in [0.1, 0.15) is 17.4 Å². The molecule has 5 aliphatic rings. The van der Waals surface area contributed by atoms with Gasteiger partial charge in [-0.2, -0.15) is 0 Å². The second-order valence-corrected chi connectivity index (χ2v) is 13.0. The molecule has 9 nitrogen and oxygen atoms in total. The highest BCUT2D eigenvalue weighted by molar-refractivity contribution is 6.04. The van der Waals surface area contributed by atoms with Crippen LogP contribution in [-0.4, -0.2) is 88.8 Å². The molecule has 6 rings (SSSR count). The maximum absolute atomic E-state index is 14.7. The highest BCUT2D eigenvalue weighted by atomic mass is 16.5. The minimum Gasteiger partial charge on any atom is -0.494 e. The van der Waals surface area contributed by atoms with Crippen LogP contribution in [0.2, 0.25) is 0 Å². The highest BCUT2D eigenvalue weighted by Crippen LogP contribution is 2.54. The summed E-state index contributed by atoms with van der Waals surface area (Å²) in [7, 11) is 0. The molecular weight excluding hydrogens is 546 g/mol. The molecular formula is C34H45N3O6. The van der Waals surface area contributed by atoms with Crippen LogP contribution in [0, 0.1) is 17.8 Å². The smallest absolute Gasteiger partial charge is 0.249 e. The van der Waals surface area contributed by atoms with Gasteiger partial charge in [0.25, 0.3) is 0 Å². The number of carbonyl (C=O) groups excluding carboxylic acids is 3. The van der Waals surface area contributed by atoms with Gasteiger partial charge in [-0.05, 0) is 56.4 Å². The number of amides is 3. The molecule has 4 heterocycles. The predicted molar refractivity (Wildman–Crippen MR) is 162 cm³/mol. The van der Waals surface area contributed by atoms with E-state index in [1.54, 1.807) is 9.80 Å². The van der Waals surface area contributed by atoms with Crippen molar-refractivity contribution >= 4 is 23.4 Å². The Bertz CT molecular complexity index is 1270. The molecule has 6 atom stereocenters. The Morgan fingerprint density at radius 3 is 2.42 bits per heavy atom. The number of anilines is 1. The summed E-state index contributed by atoms with van der Waals surface area (Å²) in [6, 6.07) is 6.02. The second kappa shape index (κ2) is 12.1. The summed E-state index contributed by atoms with van der Waals surface area (Å²) in [6.45, 7) is 7.10. The molecule has 1 aliphatic carbocycles. The van der Waals surface area contributed by atoms with E-state index in [0.717, 1.165) is 31.4 Å². The molecule has 0 aromatic heterocycles. The molecule has 4 aliphatic heterocycles. The lowest BCUT2D eigenvalue weighted by Crippen LogP contribution is -2.59. The van der Waals surface area contributed by atoms with Crippen LogP contribution in [0.25, 0.3) is 0 Å². The second-order valence-electron chi connectivity index (χ2n) is 13.0. The quantitative estimate of drug-likeness (QED) is 0.463. The van der Waals surface area contributed by atoms with Crippen molar-refractivity contribution < 1.29 is 29.0 Å². The number of rotatable bonds is 8. The fourth-order valence-electron chi connectivity index (χ4n) is 8.15. The van der Waals surface area contributed by atoms with Gasteiger partial charge in [-0.3, -0.25) is 14.4 Å². The van der Waals surface area contributed by atoms with Gasteiger partial charge >= 0.3 is 0 Å². The number of aliphatic hydroxyl groups is 1. The number of aliphatic hydroxyl groups excluding tert-OH is 1. The van der Waals surface area contributed by atoms with E-state index in [-0.39, 0.29) is 36.3 Å². The Morgan fingerprint density at radius 2 is 1.74 bits per heavy atom. The molecule has 3 fully saturated rings. The summed E-state index contributed by atoms with van der Waals surface area (Å²) in [6.07, 6.45) is 12.8. The van der Waals surface area contributed by atoms with E-state index < -0.39 is 35.6 Å². The molecule has 2 saturated heterocycles. The molecule has 3 amide bonds. The van der Waals surface area contributed by atoms with Gasteiger partial charge in [0.2, 0.25) is 17.7 Å². The maximum atomic E-state index is 14.7. The Hall–Kier alpha value is -3.17. The zero-order chi connectivity index (χ0) is 30.3. The molecule has 1 aromatic carbocycles. The van der Waals surface area contributed by atoms with Gasteiger partial charge in [-0.25, -0.2) is 0 Å². The fourth-order valence-corrected chi connectivity index (χ4v) is 8.15. The molecule has 1 spiro atoms. The standard InChI is InChI=1S/C34H45N3O6/c1-4-42-26-15-13-24(14-16-26)35-18-8-12-27-28(31(35)39)29-32(40)37(25(21-38)20-22(2)3)30-33(41)36(23-10-6-5-7-11-23)19-9-17-34(29,30)43-27/h8-9,12-17,22-23,25,27-30,38H,4-7,10-11,18-21H2,1-3H3/t25-,27-,28+,29+,30?,34+/m1/s1. The Balaban J connectivity index is 1.41.